The number of fused-ring (bicyclic) bond motifs is 1. The summed E-state index contributed by atoms with van der Waals surface area (Å²) in [5, 5.41) is 5.24. The summed E-state index contributed by atoms with van der Waals surface area (Å²) in [6.07, 6.45) is 1.67. The number of thiazole rings is 1. The molecule has 0 fully saturated rings. The number of halogens is 2. The maximum absolute atomic E-state index is 12.8. The highest BCUT2D eigenvalue weighted by Gasteiger charge is 2.14. The van der Waals surface area contributed by atoms with Gasteiger partial charge in [-0.05, 0) is 55.5 Å². The van der Waals surface area contributed by atoms with Crippen LogP contribution in [-0.2, 0) is 0 Å². The summed E-state index contributed by atoms with van der Waals surface area (Å²) in [4.78, 5) is 17.8. The van der Waals surface area contributed by atoms with Gasteiger partial charge in [-0.15, -0.1) is 5.10 Å². The first-order chi connectivity index (χ1) is 15.5. The van der Waals surface area contributed by atoms with Crippen molar-refractivity contribution in [3.05, 3.63) is 85.3 Å². The van der Waals surface area contributed by atoms with E-state index in [-0.39, 0.29) is 5.56 Å². The van der Waals surface area contributed by atoms with Gasteiger partial charge in [-0.25, -0.2) is 0 Å². The zero-order valence-electron chi connectivity index (χ0n) is 16.7. The summed E-state index contributed by atoms with van der Waals surface area (Å²) >= 11 is 13.6. The molecule has 0 saturated carbocycles. The van der Waals surface area contributed by atoms with E-state index in [1.54, 1.807) is 30.3 Å². The lowest BCUT2D eigenvalue weighted by molar-refractivity contribution is 0.340. The van der Waals surface area contributed by atoms with Gasteiger partial charge in [0.15, 0.2) is 5.82 Å². The third-order valence-electron chi connectivity index (χ3n) is 4.72. The molecule has 0 N–H and O–H groups in total. The van der Waals surface area contributed by atoms with Crippen molar-refractivity contribution >= 4 is 45.6 Å². The number of hydrogen-bond acceptors (Lipinski definition) is 6. The largest absolute Gasteiger partial charge is 0.494 e. The van der Waals surface area contributed by atoms with Crippen LogP contribution >= 0.6 is 34.5 Å². The predicted octanol–water partition coefficient (Wildman–Crippen LogP) is 5.33. The molecule has 0 aliphatic heterocycles. The Morgan fingerprint density at radius 1 is 1.12 bits per heavy atom. The molecule has 32 heavy (non-hydrogen) atoms. The smallest absolute Gasteiger partial charge is 0.291 e. The first-order valence-electron chi connectivity index (χ1n) is 9.72. The van der Waals surface area contributed by atoms with Crippen LogP contribution in [0.2, 0.25) is 10.0 Å². The van der Waals surface area contributed by atoms with Crippen LogP contribution in [-0.4, -0.2) is 21.2 Å². The van der Waals surface area contributed by atoms with Crippen molar-refractivity contribution in [2.75, 3.05) is 6.61 Å². The fourth-order valence-corrected chi connectivity index (χ4v) is 4.50. The fourth-order valence-electron chi connectivity index (χ4n) is 3.22. The Kier molecular flexibility index (Phi) is 5.46. The third kappa shape index (κ3) is 3.79. The predicted molar refractivity (Wildman–Crippen MR) is 127 cm³/mol. The van der Waals surface area contributed by atoms with Crippen LogP contribution in [0, 0.1) is 0 Å². The molecule has 0 bridgehead atoms. The Balaban J connectivity index is 1.47. The maximum atomic E-state index is 12.8. The number of hydrogen-bond donors (Lipinski definition) is 0. The van der Waals surface area contributed by atoms with E-state index >= 15 is 0 Å². The van der Waals surface area contributed by atoms with Crippen LogP contribution in [0.15, 0.2) is 63.8 Å². The number of benzene rings is 2. The summed E-state index contributed by atoms with van der Waals surface area (Å²) in [6, 6.07) is 16.3. The van der Waals surface area contributed by atoms with Gasteiger partial charge in [0.05, 0.1) is 16.7 Å². The average Bonchev–Trinajstić information content (AvgIpc) is 3.49. The van der Waals surface area contributed by atoms with E-state index in [2.05, 4.69) is 10.1 Å². The van der Waals surface area contributed by atoms with Crippen LogP contribution in [0.3, 0.4) is 0 Å². The summed E-state index contributed by atoms with van der Waals surface area (Å²) in [6.45, 7) is 2.53. The van der Waals surface area contributed by atoms with E-state index in [0.29, 0.717) is 49.1 Å². The summed E-state index contributed by atoms with van der Waals surface area (Å²) < 4.78 is 13.1. The molecule has 6 nitrogen and oxygen atoms in total. The molecule has 0 saturated heterocycles. The molecule has 0 radical (unpaired) electrons. The SMILES string of the molecule is CCOc1ccc(-c2nc3s/c(=C\c4ccc(-c5cccc(Cl)c5Cl)o4)c(=O)n3n2)cc1. The molecule has 5 rings (SSSR count). The number of aromatic nitrogens is 3. The van der Waals surface area contributed by atoms with E-state index in [4.69, 9.17) is 32.4 Å². The zero-order valence-corrected chi connectivity index (χ0v) is 19.0. The van der Waals surface area contributed by atoms with Crippen molar-refractivity contribution in [3.63, 3.8) is 0 Å². The molecule has 160 valence electrons. The molecular formula is C23H15Cl2N3O3S. The van der Waals surface area contributed by atoms with Gasteiger partial charge in [0.1, 0.15) is 21.8 Å². The molecule has 5 aromatic rings. The molecular weight excluding hydrogens is 469 g/mol. The van der Waals surface area contributed by atoms with Gasteiger partial charge < -0.3 is 9.15 Å². The molecule has 0 unspecified atom stereocenters. The van der Waals surface area contributed by atoms with E-state index < -0.39 is 0 Å². The van der Waals surface area contributed by atoms with Crippen LogP contribution in [0.1, 0.15) is 12.7 Å². The number of ether oxygens (including phenoxy) is 1. The highest BCUT2D eigenvalue weighted by atomic mass is 35.5. The van der Waals surface area contributed by atoms with Gasteiger partial charge in [0.25, 0.3) is 5.56 Å². The van der Waals surface area contributed by atoms with E-state index in [0.717, 1.165) is 11.3 Å². The van der Waals surface area contributed by atoms with Gasteiger partial charge >= 0.3 is 0 Å². The van der Waals surface area contributed by atoms with E-state index in [1.165, 1.54) is 15.9 Å². The second kappa shape index (κ2) is 8.43. The Morgan fingerprint density at radius 2 is 1.94 bits per heavy atom. The standard InChI is InChI=1S/C23H15Cl2N3O3S/c1-2-30-14-8-6-13(7-9-14)21-26-23-28(27-21)22(29)19(32-23)12-15-10-11-18(31-15)16-4-3-5-17(24)20(16)25/h3-12H,2H2,1H3/b19-12-. The summed E-state index contributed by atoms with van der Waals surface area (Å²) in [5.41, 5.74) is 1.24. The molecule has 0 atom stereocenters. The van der Waals surface area contributed by atoms with E-state index in [9.17, 15) is 4.79 Å². The minimum Gasteiger partial charge on any atom is -0.494 e. The summed E-state index contributed by atoms with van der Waals surface area (Å²) in [7, 11) is 0. The second-order valence-corrected chi connectivity index (χ2v) is 8.60. The number of rotatable bonds is 5. The molecule has 3 aromatic heterocycles. The Hall–Kier alpha value is -3.13. The highest BCUT2D eigenvalue weighted by molar-refractivity contribution is 7.15. The molecule has 0 aliphatic rings. The van der Waals surface area contributed by atoms with E-state index in [1.807, 2.05) is 37.3 Å². The van der Waals surface area contributed by atoms with Gasteiger partial charge in [0, 0.05) is 17.2 Å². The number of nitrogens with zero attached hydrogens (tertiary/aromatic N) is 3. The summed E-state index contributed by atoms with van der Waals surface area (Å²) in [5.74, 6) is 2.34. The third-order valence-corrected chi connectivity index (χ3v) is 6.50. The van der Waals surface area contributed by atoms with Gasteiger partial charge in [-0.1, -0.05) is 40.6 Å². The van der Waals surface area contributed by atoms with Crippen molar-refractivity contribution in [1.82, 2.24) is 14.6 Å². The molecule has 0 aliphatic carbocycles. The van der Waals surface area contributed by atoms with Crippen LogP contribution < -0.4 is 14.8 Å². The van der Waals surface area contributed by atoms with Crippen LogP contribution in [0.5, 0.6) is 5.75 Å². The first-order valence-corrected chi connectivity index (χ1v) is 11.3. The van der Waals surface area contributed by atoms with Crippen molar-refractivity contribution in [2.45, 2.75) is 6.92 Å². The molecule has 3 heterocycles. The minimum absolute atomic E-state index is 0.256. The average molecular weight is 484 g/mol. The molecule has 2 aromatic carbocycles. The maximum Gasteiger partial charge on any atom is 0.291 e. The molecule has 0 amide bonds. The van der Waals surface area contributed by atoms with Gasteiger partial charge in [-0.2, -0.15) is 9.50 Å². The van der Waals surface area contributed by atoms with Crippen molar-refractivity contribution in [1.29, 1.82) is 0 Å². The molecule has 0 spiro atoms. The lowest BCUT2D eigenvalue weighted by Crippen LogP contribution is -2.23. The second-order valence-electron chi connectivity index (χ2n) is 6.81. The highest BCUT2D eigenvalue weighted by Crippen LogP contribution is 2.34. The normalized spacial score (nSPS) is 12.0. The zero-order chi connectivity index (χ0) is 22.2. The van der Waals surface area contributed by atoms with Crippen molar-refractivity contribution in [3.8, 4) is 28.5 Å². The van der Waals surface area contributed by atoms with Crippen LogP contribution in [0.4, 0.5) is 0 Å². The molecule has 9 heteroatoms. The van der Waals surface area contributed by atoms with Gasteiger partial charge in [0.2, 0.25) is 4.96 Å². The van der Waals surface area contributed by atoms with Gasteiger partial charge in [-0.3, -0.25) is 4.79 Å². The Bertz CT molecular complexity index is 1540. The monoisotopic (exact) mass is 483 g/mol. The number of furan rings is 1. The van der Waals surface area contributed by atoms with Crippen molar-refractivity contribution < 1.29 is 9.15 Å². The Labute approximate surface area is 196 Å². The lowest BCUT2D eigenvalue weighted by Gasteiger charge is -2.02. The fraction of sp³-hybridized carbons (Fsp3) is 0.0870. The minimum atomic E-state index is -0.256. The van der Waals surface area contributed by atoms with Crippen LogP contribution in [0.25, 0.3) is 33.7 Å². The first kappa shape index (κ1) is 20.8. The quantitative estimate of drug-likeness (QED) is 0.337. The van der Waals surface area contributed by atoms with Crippen molar-refractivity contribution in [2.24, 2.45) is 0 Å². The Morgan fingerprint density at radius 3 is 2.69 bits per heavy atom. The lowest BCUT2D eigenvalue weighted by atomic mass is 10.2. The topological polar surface area (TPSA) is 69.6 Å².